The molecule has 0 aliphatic heterocycles. The lowest BCUT2D eigenvalue weighted by molar-refractivity contribution is -0.147. The van der Waals surface area contributed by atoms with Crippen molar-refractivity contribution in [3.8, 4) is 0 Å². The third-order valence-electron chi connectivity index (χ3n) is 2.51. The van der Waals surface area contributed by atoms with Gasteiger partial charge in [-0.2, -0.15) is 0 Å². The van der Waals surface area contributed by atoms with E-state index in [4.69, 9.17) is 21.8 Å². The second-order valence-corrected chi connectivity index (χ2v) is 4.62. The van der Waals surface area contributed by atoms with Gasteiger partial charge in [-0.15, -0.1) is 0 Å². The van der Waals surface area contributed by atoms with Crippen molar-refractivity contribution < 1.29 is 19.8 Å². The number of hydrogen-bond donors (Lipinski definition) is 3. The van der Waals surface area contributed by atoms with Crippen LogP contribution < -0.4 is 10.2 Å². The molecule has 1 aromatic heterocycles. The number of likely N-dealkylation sites (N-methyl/N-ethyl adjacent to an activating group) is 1. The molecule has 1 rings (SSSR count). The molecule has 0 spiro atoms. The lowest BCUT2D eigenvalue weighted by Gasteiger charge is -2.17. The van der Waals surface area contributed by atoms with Crippen LogP contribution in [0.3, 0.4) is 0 Å². The Morgan fingerprint density at radius 3 is 2.75 bits per heavy atom. The van der Waals surface area contributed by atoms with E-state index in [1.54, 1.807) is 24.1 Å². The summed E-state index contributed by atoms with van der Waals surface area (Å²) in [6.07, 6.45) is -0.0238. The van der Waals surface area contributed by atoms with E-state index in [1.807, 2.05) is 0 Å². The molecule has 0 radical (unpaired) electrons. The van der Waals surface area contributed by atoms with Crippen molar-refractivity contribution in [1.29, 1.82) is 0 Å². The summed E-state index contributed by atoms with van der Waals surface area (Å²) >= 11 is 5.71. The quantitative estimate of drug-likeness (QED) is 0.661. The van der Waals surface area contributed by atoms with Crippen molar-refractivity contribution in [3.63, 3.8) is 0 Å². The van der Waals surface area contributed by atoms with Crippen LogP contribution in [-0.2, 0) is 9.59 Å². The maximum absolute atomic E-state index is 11.6. The summed E-state index contributed by atoms with van der Waals surface area (Å²) in [5, 5.41) is 20.5. The Labute approximate surface area is 121 Å². The highest BCUT2D eigenvalue weighted by molar-refractivity contribution is 6.30. The number of nitrogens with zero attached hydrogens (tertiary/aromatic N) is 2. The maximum atomic E-state index is 11.6. The van der Waals surface area contributed by atoms with Gasteiger partial charge < -0.3 is 20.4 Å². The Kier molecular flexibility index (Phi) is 6.20. The van der Waals surface area contributed by atoms with Gasteiger partial charge in [0.25, 0.3) is 0 Å². The number of amides is 1. The Morgan fingerprint density at radius 1 is 1.50 bits per heavy atom. The molecule has 0 bridgehead atoms. The first-order valence-corrected chi connectivity index (χ1v) is 6.28. The Hall–Kier alpha value is -1.86. The standard InChI is InChI=1S/C12H16ClN3O4/c1-16(10-3-2-8(13)6-15-10)7-11(18)14-5-4-9(17)12(19)20/h2-3,6,9,17H,4-5,7H2,1H3,(H,14,18)(H,19,20). The fourth-order valence-corrected chi connectivity index (χ4v) is 1.53. The molecule has 0 saturated heterocycles. The molecule has 1 heterocycles. The summed E-state index contributed by atoms with van der Waals surface area (Å²) in [7, 11) is 1.70. The van der Waals surface area contributed by atoms with E-state index in [0.29, 0.717) is 10.8 Å². The number of pyridine rings is 1. The molecular formula is C12H16ClN3O4. The van der Waals surface area contributed by atoms with Gasteiger partial charge in [0.1, 0.15) is 5.82 Å². The third kappa shape index (κ3) is 5.41. The fraction of sp³-hybridized carbons (Fsp3) is 0.417. The van der Waals surface area contributed by atoms with Crippen LogP contribution in [-0.4, -0.2) is 53.3 Å². The highest BCUT2D eigenvalue weighted by Gasteiger charge is 2.13. The molecule has 0 fully saturated rings. The molecule has 1 aromatic rings. The summed E-state index contributed by atoms with van der Waals surface area (Å²) in [5.41, 5.74) is 0. The molecule has 3 N–H and O–H groups in total. The van der Waals surface area contributed by atoms with Gasteiger partial charge in [-0.25, -0.2) is 9.78 Å². The van der Waals surface area contributed by atoms with E-state index < -0.39 is 12.1 Å². The summed E-state index contributed by atoms with van der Waals surface area (Å²) in [4.78, 5) is 27.7. The third-order valence-corrected chi connectivity index (χ3v) is 2.73. The number of carboxylic acids is 1. The topological polar surface area (TPSA) is 103 Å². The van der Waals surface area contributed by atoms with Crippen LogP contribution in [0, 0.1) is 0 Å². The summed E-state index contributed by atoms with van der Waals surface area (Å²) < 4.78 is 0. The number of aliphatic hydroxyl groups excluding tert-OH is 1. The number of hydrogen-bond acceptors (Lipinski definition) is 5. The number of rotatable bonds is 7. The molecule has 0 aliphatic rings. The second-order valence-electron chi connectivity index (χ2n) is 4.18. The largest absolute Gasteiger partial charge is 0.479 e. The predicted molar refractivity (Wildman–Crippen MR) is 73.8 cm³/mol. The number of anilines is 1. The molecule has 0 aromatic carbocycles. The first-order valence-electron chi connectivity index (χ1n) is 5.90. The lowest BCUT2D eigenvalue weighted by atomic mass is 10.2. The molecular weight excluding hydrogens is 286 g/mol. The predicted octanol–water partition coefficient (Wildman–Crippen LogP) is 0.123. The van der Waals surface area contributed by atoms with Crippen molar-refractivity contribution in [2.75, 3.05) is 25.0 Å². The Balaban J connectivity index is 2.35. The highest BCUT2D eigenvalue weighted by atomic mass is 35.5. The number of aliphatic carboxylic acids is 1. The van der Waals surface area contributed by atoms with E-state index in [-0.39, 0.29) is 25.4 Å². The summed E-state index contributed by atoms with van der Waals surface area (Å²) in [5.74, 6) is -1.00. The molecule has 110 valence electrons. The number of halogens is 1. The average Bonchev–Trinajstić information content (AvgIpc) is 2.39. The number of aromatic nitrogens is 1. The highest BCUT2D eigenvalue weighted by Crippen LogP contribution is 2.12. The van der Waals surface area contributed by atoms with Gasteiger partial charge in [0.15, 0.2) is 6.10 Å². The minimum atomic E-state index is -1.47. The van der Waals surface area contributed by atoms with Crippen LogP contribution >= 0.6 is 11.6 Å². The van der Waals surface area contributed by atoms with Crippen LogP contribution in [0.15, 0.2) is 18.3 Å². The molecule has 0 aliphatic carbocycles. The van der Waals surface area contributed by atoms with Crippen LogP contribution in [0.25, 0.3) is 0 Å². The van der Waals surface area contributed by atoms with Gasteiger partial charge in [-0.05, 0) is 12.1 Å². The van der Waals surface area contributed by atoms with Crippen LogP contribution in [0.4, 0.5) is 5.82 Å². The van der Waals surface area contributed by atoms with E-state index in [1.165, 1.54) is 6.20 Å². The van der Waals surface area contributed by atoms with Gasteiger partial charge in [-0.1, -0.05) is 11.6 Å². The molecule has 20 heavy (non-hydrogen) atoms. The summed E-state index contributed by atoms with van der Waals surface area (Å²) in [6.45, 7) is 0.159. The van der Waals surface area contributed by atoms with Gasteiger partial charge in [0, 0.05) is 26.2 Å². The summed E-state index contributed by atoms with van der Waals surface area (Å²) in [6, 6.07) is 3.35. The van der Waals surface area contributed by atoms with Gasteiger partial charge in [-0.3, -0.25) is 4.79 Å². The molecule has 7 nitrogen and oxygen atoms in total. The van der Waals surface area contributed by atoms with Crippen LogP contribution in [0.5, 0.6) is 0 Å². The van der Waals surface area contributed by atoms with Crippen LogP contribution in [0.1, 0.15) is 6.42 Å². The van der Waals surface area contributed by atoms with E-state index in [9.17, 15) is 9.59 Å². The smallest absolute Gasteiger partial charge is 0.332 e. The lowest BCUT2D eigenvalue weighted by Crippen LogP contribution is -2.37. The average molecular weight is 302 g/mol. The van der Waals surface area contributed by atoms with Crippen molar-refractivity contribution in [1.82, 2.24) is 10.3 Å². The van der Waals surface area contributed by atoms with Gasteiger partial charge in [0.05, 0.1) is 11.6 Å². The zero-order valence-corrected chi connectivity index (χ0v) is 11.7. The number of carbonyl (C=O) groups is 2. The minimum Gasteiger partial charge on any atom is -0.479 e. The van der Waals surface area contributed by atoms with E-state index >= 15 is 0 Å². The number of aliphatic hydroxyl groups is 1. The van der Waals surface area contributed by atoms with Crippen molar-refractivity contribution in [2.24, 2.45) is 0 Å². The van der Waals surface area contributed by atoms with Crippen LogP contribution in [0.2, 0.25) is 5.02 Å². The van der Waals surface area contributed by atoms with Gasteiger partial charge >= 0.3 is 5.97 Å². The van der Waals surface area contributed by atoms with Crippen molar-refractivity contribution in [2.45, 2.75) is 12.5 Å². The van der Waals surface area contributed by atoms with Crippen molar-refractivity contribution in [3.05, 3.63) is 23.4 Å². The van der Waals surface area contributed by atoms with Gasteiger partial charge in [0.2, 0.25) is 5.91 Å². The fourth-order valence-electron chi connectivity index (χ4n) is 1.42. The number of nitrogens with one attached hydrogen (secondary N) is 1. The van der Waals surface area contributed by atoms with Crippen molar-refractivity contribution >= 4 is 29.3 Å². The zero-order valence-electron chi connectivity index (χ0n) is 10.9. The molecule has 1 unspecified atom stereocenters. The van der Waals surface area contributed by atoms with E-state index in [0.717, 1.165) is 0 Å². The zero-order chi connectivity index (χ0) is 15.1. The number of carbonyl (C=O) groups excluding carboxylic acids is 1. The SMILES string of the molecule is CN(CC(=O)NCCC(O)C(=O)O)c1ccc(Cl)cn1. The first kappa shape index (κ1) is 16.2. The number of carboxylic acid groups (broad SMARTS) is 1. The second kappa shape index (κ2) is 7.66. The van der Waals surface area contributed by atoms with E-state index in [2.05, 4.69) is 10.3 Å². The maximum Gasteiger partial charge on any atom is 0.332 e. The Bertz CT molecular complexity index is 466. The molecule has 0 saturated carbocycles. The molecule has 8 heteroatoms. The molecule has 1 atom stereocenters. The monoisotopic (exact) mass is 301 g/mol. The minimum absolute atomic E-state index is 0.0377. The first-order chi connectivity index (χ1) is 9.40. The molecule has 1 amide bonds. The Morgan fingerprint density at radius 2 is 2.20 bits per heavy atom. The normalized spacial score (nSPS) is 11.8.